The van der Waals surface area contributed by atoms with E-state index in [1.165, 1.54) is 246 Å². The van der Waals surface area contributed by atoms with Crippen LogP contribution in [0.5, 0.6) is 0 Å². The molecule has 6 heterocycles. The van der Waals surface area contributed by atoms with Crippen LogP contribution in [-0.2, 0) is 0 Å². The quantitative estimate of drug-likeness (QED) is 0.142. The fourth-order valence-corrected chi connectivity index (χ4v) is 20.2. The minimum absolute atomic E-state index is 1.17. The first-order valence-electron chi connectivity index (χ1n) is 42.0. The van der Waals surface area contributed by atoms with Gasteiger partial charge in [0, 0.05) is 115 Å². The van der Waals surface area contributed by atoms with Crippen molar-refractivity contribution in [3.63, 3.8) is 0 Å². The number of aromatic amines is 3. The SMILES string of the molecule is c1ccc(-n2c3ccccc3c3cc(-c4ccc5cc(-c6cc7[nH]c8ccccc8c7c7ccccc67)ccc5c4)ccc32)cc1.c1ccc(-n2c3ccccc3c3ccc(-c4cc5[nH]c6ccccc6c5c5ccccc45)cc32)cc1.c1ccc2cc(-n3c4ccccc4c4ccc(-c5cc6[nH]c7ccccc7c6c6ccccc56)cc43)ccc2c1. The molecule has 6 nitrogen and oxygen atoms in total. The molecule has 0 fully saturated rings. The molecule has 122 heavy (non-hydrogen) atoms. The Labute approximate surface area is 700 Å². The zero-order chi connectivity index (χ0) is 80.0. The summed E-state index contributed by atoms with van der Waals surface area (Å²) in [5.41, 5.74) is 27.8. The van der Waals surface area contributed by atoms with Gasteiger partial charge in [0.1, 0.15) is 0 Å². The van der Waals surface area contributed by atoms with Gasteiger partial charge in [0.25, 0.3) is 0 Å². The molecule has 0 aliphatic carbocycles. The van der Waals surface area contributed by atoms with Crippen molar-refractivity contribution >= 4 is 185 Å². The maximum Gasteiger partial charge on any atom is 0.0547 e. The number of H-pyrrole nitrogens is 3. The normalized spacial score (nSPS) is 11.9. The highest BCUT2D eigenvalue weighted by atomic mass is 15.0. The average Bonchev–Trinajstić information content (AvgIpc) is 1.56. The van der Waals surface area contributed by atoms with Crippen LogP contribution in [0, 0.1) is 0 Å². The molecule has 0 atom stereocenters. The van der Waals surface area contributed by atoms with E-state index in [9.17, 15) is 0 Å². The van der Waals surface area contributed by atoms with Gasteiger partial charge in [0.2, 0.25) is 0 Å². The predicted molar refractivity (Wildman–Crippen MR) is 520 cm³/mol. The summed E-state index contributed by atoms with van der Waals surface area (Å²) in [6, 6.07) is 157. The van der Waals surface area contributed by atoms with Crippen molar-refractivity contribution in [3.05, 3.63) is 431 Å². The Hall–Kier alpha value is -16.3. The molecule has 6 aromatic heterocycles. The molecule has 0 saturated carbocycles. The fourth-order valence-electron chi connectivity index (χ4n) is 20.2. The highest BCUT2D eigenvalue weighted by Gasteiger charge is 2.22. The fraction of sp³-hybridized carbons (Fsp3) is 0. The highest BCUT2D eigenvalue weighted by molar-refractivity contribution is 6.27. The Morgan fingerprint density at radius 3 is 0.902 bits per heavy atom. The van der Waals surface area contributed by atoms with Crippen molar-refractivity contribution in [2.75, 3.05) is 0 Å². The van der Waals surface area contributed by atoms with Crippen molar-refractivity contribution in [1.29, 1.82) is 0 Å². The van der Waals surface area contributed by atoms with Crippen LogP contribution in [0.1, 0.15) is 0 Å². The first-order chi connectivity index (χ1) is 60.5. The van der Waals surface area contributed by atoms with Crippen LogP contribution in [0.2, 0.25) is 0 Å². The van der Waals surface area contributed by atoms with E-state index in [4.69, 9.17) is 0 Å². The molecule has 0 spiro atoms. The van der Waals surface area contributed by atoms with Crippen LogP contribution >= 0.6 is 0 Å². The van der Waals surface area contributed by atoms with Gasteiger partial charge >= 0.3 is 0 Å². The average molecular weight is 1550 g/mol. The summed E-state index contributed by atoms with van der Waals surface area (Å²) >= 11 is 0. The smallest absolute Gasteiger partial charge is 0.0547 e. The lowest BCUT2D eigenvalue weighted by Gasteiger charge is -2.12. The van der Waals surface area contributed by atoms with E-state index in [0.29, 0.717) is 0 Å². The second-order valence-electron chi connectivity index (χ2n) is 32.4. The van der Waals surface area contributed by atoms with Gasteiger partial charge in [0.05, 0.1) is 33.1 Å². The monoisotopic (exact) mass is 1550 g/mol. The summed E-state index contributed by atoms with van der Waals surface area (Å²) in [4.78, 5) is 11.0. The Morgan fingerprint density at radius 2 is 0.434 bits per heavy atom. The molecule has 0 saturated heterocycles. The molecule has 21 aromatic carbocycles. The largest absolute Gasteiger partial charge is 0.354 e. The van der Waals surface area contributed by atoms with Crippen LogP contribution in [-0.4, -0.2) is 28.7 Å². The Balaban J connectivity index is 0.000000102. The van der Waals surface area contributed by atoms with E-state index in [1.54, 1.807) is 0 Å². The van der Waals surface area contributed by atoms with Gasteiger partial charge in [-0.25, -0.2) is 0 Å². The number of para-hydroxylation sites is 8. The summed E-state index contributed by atoms with van der Waals surface area (Å²) in [7, 11) is 0. The molecule has 0 amide bonds. The van der Waals surface area contributed by atoms with Crippen LogP contribution in [0.4, 0.5) is 0 Å². The van der Waals surface area contributed by atoms with Gasteiger partial charge in [-0.1, -0.05) is 303 Å². The number of benzene rings is 21. The van der Waals surface area contributed by atoms with Crippen LogP contribution in [0.25, 0.3) is 246 Å². The van der Waals surface area contributed by atoms with Gasteiger partial charge in [0.15, 0.2) is 0 Å². The lowest BCUT2D eigenvalue weighted by Crippen LogP contribution is -1.94. The number of hydrogen-bond acceptors (Lipinski definition) is 0. The molecule has 568 valence electrons. The van der Waals surface area contributed by atoms with Crippen molar-refractivity contribution in [1.82, 2.24) is 28.7 Å². The second kappa shape index (κ2) is 27.7. The molecule has 0 unspecified atom stereocenters. The van der Waals surface area contributed by atoms with E-state index in [0.717, 1.165) is 0 Å². The van der Waals surface area contributed by atoms with E-state index in [2.05, 4.69) is 459 Å². The maximum absolute atomic E-state index is 3.69. The minimum Gasteiger partial charge on any atom is -0.354 e. The molecule has 0 aliphatic rings. The molecular formula is C116H74N6. The first-order valence-corrected chi connectivity index (χ1v) is 42.0. The van der Waals surface area contributed by atoms with Gasteiger partial charge < -0.3 is 28.7 Å². The topological polar surface area (TPSA) is 62.2 Å². The number of hydrogen-bond donors (Lipinski definition) is 3. The molecule has 0 radical (unpaired) electrons. The molecule has 3 N–H and O–H groups in total. The molecule has 0 bridgehead atoms. The van der Waals surface area contributed by atoms with Crippen molar-refractivity contribution < 1.29 is 0 Å². The van der Waals surface area contributed by atoms with Crippen LogP contribution < -0.4 is 0 Å². The van der Waals surface area contributed by atoms with Crippen molar-refractivity contribution in [2.24, 2.45) is 0 Å². The Kier molecular flexibility index (Phi) is 15.6. The molecule has 0 aliphatic heterocycles. The zero-order valence-electron chi connectivity index (χ0n) is 66.3. The lowest BCUT2D eigenvalue weighted by atomic mass is 9.93. The molecule has 27 rings (SSSR count). The van der Waals surface area contributed by atoms with E-state index in [-0.39, 0.29) is 0 Å². The minimum atomic E-state index is 1.17. The molecule has 27 aromatic rings. The van der Waals surface area contributed by atoms with Gasteiger partial charge in [-0.05, 0) is 226 Å². The zero-order valence-corrected chi connectivity index (χ0v) is 66.3. The van der Waals surface area contributed by atoms with E-state index in [1.807, 2.05) is 0 Å². The predicted octanol–water partition coefficient (Wildman–Crippen LogP) is 31.7. The number of nitrogens with one attached hydrogen (secondary N) is 3. The summed E-state index contributed by atoms with van der Waals surface area (Å²) in [6.07, 6.45) is 0. The molecular weight excluding hydrogens is 1480 g/mol. The third-order valence-electron chi connectivity index (χ3n) is 25.7. The number of fused-ring (bicyclic) bond motifs is 26. The van der Waals surface area contributed by atoms with Gasteiger partial charge in [-0.3, -0.25) is 0 Å². The summed E-state index contributed by atoms with van der Waals surface area (Å²) < 4.78 is 7.18. The second-order valence-corrected chi connectivity index (χ2v) is 32.4. The third kappa shape index (κ3) is 11.0. The Morgan fingerprint density at radius 1 is 0.139 bits per heavy atom. The van der Waals surface area contributed by atoms with Gasteiger partial charge in [-0.2, -0.15) is 0 Å². The standard InChI is InChI=1S/C44H28N2.C38H24N2.C34H22N2/c1-2-10-33(11-3-1)46-42-17-9-7-13-35(42)39-26-31(22-23-43(39)46)29-18-19-30-25-32(21-20-28(30)24-29)38-27-41-44(36-14-5-4-12-34(36)38)37-15-6-8-16-40(37)45-41;1-2-10-25-21-27(19-17-24(25)9-1)40-36-16-8-6-12-29(36)30-20-18-26(22-37(30)40)33-23-35-38(31-13-4-3-11-28(31)33)32-14-5-7-15-34(32)39-35;1-2-10-23(11-3-1)36-32-17-9-7-13-25(32)26-19-18-22(20-33(26)36)29-21-31-34(27-14-5-4-12-24(27)29)28-15-6-8-16-30(28)35-31/h1-27,45H;1-23,39H;1-21,35H. The van der Waals surface area contributed by atoms with Crippen molar-refractivity contribution in [3.8, 4) is 61.6 Å². The maximum atomic E-state index is 3.69. The van der Waals surface area contributed by atoms with Crippen molar-refractivity contribution in [2.45, 2.75) is 0 Å². The third-order valence-corrected chi connectivity index (χ3v) is 25.7. The first kappa shape index (κ1) is 68.9. The van der Waals surface area contributed by atoms with Crippen LogP contribution in [0.3, 0.4) is 0 Å². The lowest BCUT2D eigenvalue weighted by molar-refractivity contribution is 1.18. The number of aromatic nitrogens is 6. The van der Waals surface area contributed by atoms with Crippen LogP contribution in [0.15, 0.2) is 431 Å². The summed E-state index contributed by atoms with van der Waals surface area (Å²) in [5.74, 6) is 0. The van der Waals surface area contributed by atoms with E-state index < -0.39 is 0 Å². The number of rotatable bonds is 7. The summed E-state index contributed by atoms with van der Waals surface area (Å²) in [5, 5.41) is 28.0. The Bertz CT molecular complexity index is 8970. The highest BCUT2D eigenvalue weighted by Crippen LogP contribution is 2.47. The summed E-state index contributed by atoms with van der Waals surface area (Å²) in [6.45, 7) is 0. The number of nitrogens with zero attached hydrogens (tertiary/aromatic N) is 3. The van der Waals surface area contributed by atoms with Gasteiger partial charge in [-0.15, -0.1) is 0 Å². The van der Waals surface area contributed by atoms with E-state index >= 15 is 0 Å². The molecule has 6 heteroatoms.